The Bertz CT molecular complexity index is 626. The Hall–Kier alpha value is -2.57. The van der Waals surface area contributed by atoms with Crippen LogP contribution in [0.1, 0.15) is 44.1 Å². The summed E-state index contributed by atoms with van der Waals surface area (Å²) >= 11 is 0. The van der Waals surface area contributed by atoms with Gasteiger partial charge in [-0.25, -0.2) is 4.79 Å². The van der Waals surface area contributed by atoms with Gasteiger partial charge in [-0.3, -0.25) is 14.9 Å². The quantitative estimate of drug-likeness (QED) is 0.727. The largest absolute Gasteiger partial charge is 0.493 e. The molecule has 0 unspecified atom stereocenters. The topological polar surface area (TPSA) is 93.7 Å². The van der Waals surface area contributed by atoms with Crippen molar-refractivity contribution in [1.29, 1.82) is 0 Å². The van der Waals surface area contributed by atoms with Gasteiger partial charge < -0.3 is 14.8 Å². The summed E-state index contributed by atoms with van der Waals surface area (Å²) in [6, 6.07) is 7.05. The Morgan fingerprint density at radius 3 is 2.65 bits per heavy atom. The summed E-state index contributed by atoms with van der Waals surface area (Å²) in [7, 11) is 0. The van der Waals surface area contributed by atoms with E-state index in [1.165, 1.54) is 6.42 Å². The number of ether oxygens (including phenoxy) is 2. The first-order valence-corrected chi connectivity index (χ1v) is 8.98. The predicted octanol–water partition coefficient (Wildman–Crippen LogP) is 2.47. The van der Waals surface area contributed by atoms with E-state index in [9.17, 15) is 14.4 Å². The van der Waals surface area contributed by atoms with Crippen LogP contribution >= 0.6 is 0 Å². The molecule has 26 heavy (non-hydrogen) atoms. The molecule has 2 N–H and O–H groups in total. The minimum atomic E-state index is -0.647. The van der Waals surface area contributed by atoms with Crippen molar-refractivity contribution in [2.45, 2.75) is 51.5 Å². The Morgan fingerprint density at radius 1 is 1.15 bits per heavy atom. The van der Waals surface area contributed by atoms with E-state index in [1.54, 1.807) is 6.07 Å². The summed E-state index contributed by atoms with van der Waals surface area (Å²) in [6.45, 7) is 1.62. The fraction of sp³-hybridized carbons (Fsp3) is 0.526. The van der Waals surface area contributed by atoms with E-state index >= 15 is 0 Å². The molecule has 3 amide bonds. The number of carbonyl (C=O) groups is 3. The summed E-state index contributed by atoms with van der Waals surface area (Å²) in [5.41, 5.74) is 1.06. The van der Waals surface area contributed by atoms with Crippen molar-refractivity contribution in [1.82, 2.24) is 10.6 Å². The lowest BCUT2D eigenvalue weighted by Gasteiger charge is -2.22. The van der Waals surface area contributed by atoms with Gasteiger partial charge >= 0.3 is 12.0 Å². The zero-order valence-electron chi connectivity index (χ0n) is 15.1. The SMILES string of the molecule is Cc1cccc(OCCC(=O)OCC(=O)NC(=O)NC2CCCCC2)c1. The van der Waals surface area contributed by atoms with E-state index in [0.29, 0.717) is 5.75 Å². The molecule has 0 saturated heterocycles. The van der Waals surface area contributed by atoms with Crippen LogP contribution in [0.4, 0.5) is 4.79 Å². The molecule has 0 bridgehead atoms. The van der Waals surface area contributed by atoms with Crippen molar-refractivity contribution >= 4 is 17.9 Å². The third kappa shape index (κ3) is 7.55. The van der Waals surface area contributed by atoms with Crippen LogP contribution in [-0.2, 0) is 14.3 Å². The summed E-state index contributed by atoms with van der Waals surface area (Å²) in [6.07, 6.45) is 5.23. The van der Waals surface area contributed by atoms with Crippen molar-refractivity contribution in [2.24, 2.45) is 0 Å². The lowest BCUT2D eigenvalue weighted by molar-refractivity contribution is -0.148. The third-order valence-corrected chi connectivity index (χ3v) is 4.12. The number of nitrogens with one attached hydrogen (secondary N) is 2. The highest BCUT2D eigenvalue weighted by Gasteiger charge is 2.17. The molecule has 0 spiro atoms. The van der Waals surface area contributed by atoms with Gasteiger partial charge in [0.15, 0.2) is 6.61 Å². The standard InChI is InChI=1S/C19H26N2O5/c1-14-6-5-9-16(12-14)25-11-10-18(23)26-13-17(22)21-19(24)20-15-7-3-2-4-8-15/h5-6,9,12,15H,2-4,7-8,10-11,13H2,1H3,(H2,20,21,22,24). The second kappa shape index (κ2) is 10.4. The average Bonchev–Trinajstić information content (AvgIpc) is 2.61. The molecular formula is C19H26N2O5. The third-order valence-electron chi connectivity index (χ3n) is 4.12. The first-order valence-electron chi connectivity index (χ1n) is 8.98. The van der Waals surface area contributed by atoms with Crippen molar-refractivity contribution < 1.29 is 23.9 Å². The number of aryl methyl sites for hydroxylation is 1. The number of hydrogen-bond donors (Lipinski definition) is 2. The molecule has 142 valence electrons. The summed E-state index contributed by atoms with van der Waals surface area (Å²) < 4.78 is 10.3. The Balaban J connectivity index is 1.57. The predicted molar refractivity (Wildman–Crippen MR) is 95.8 cm³/mol. The van der Waals surface area contributed by atoms with E-state index in [1.807, 2.05) is 25.1 Å². The lowest BCUT2D eigenvalue weighted by atomic mass is 9.96. The number of benzene rings is 1. The van der Waals surface area contributed by atoms with Crippen LogP contribution in [0.5, 0.6) is 5.75 Å². The zero-order valence-corrected chi connectivity index (χ0v) is 15.1. The molecule has 0 aliphatic heterocycles. The highest BCUT2D eigenvalue weighted by molar-refractivity contribution is 5.95. The number of rotatable bonds is 7. The normalized spacial score (nSPS) is 14.3. The molecule has 2 rings (SSSR count). The second-order valence-electron chi connectivity index (χ2n) is 6.43. The van der Waals surface area contributed by atoms with Crippen LogP contribution in [0.3, 0.4) is 0 Å². The Morgan fingerprint density at radius 2 is 1.92 bits per heavy atom. The van der Waals surface area contributed by atoms with Crippen molar-refractivity contribution in [3.8, 4) is 5.75 Å². The lowest BCUT2D eigenvalue weighted by Crippen LogP contribution is -2.46. The molecule has 7 nitrogen and oxygen atoms in total. The smallest absolute Gasteiger partial charge is 0.321 e. The number of imide groups is 1. The first-order chi connectivity index (χ1) is 12.5. The van der Waals surface area contributed by atoms with Crippen LogP contribution < -0.4 is 15.4 Å². The van der Waals surface area contributed by atoms with Gasteiger partial charge in [0.05, 0.1) is 13.0 Å². The van der Waals surface area contributed by atoms with Crippen molar-refractivity contribution in [3.63, 3.8) is 0 Å². The molecule has 1 fully saturated rings. The van der Waals surface area contributed by atoms with Gasteiger partial charge in [-0.05, 0) is 37.5 Å². The molecule has 1 aliphatic rings. The van der Waals surface area contributed by atoms with Crippen LogP contribution in [0.2, 0.25) is 0 Å². The average molecular weight is 362 g/mol. The molecule has 7 heteroatoms. The van der Waals surface area contributed by atoms with Crippen molar-refractivity contribution in [3.05, 3.63) is 29.8 Å². The maximum atomic E-state index is 11.7. The molecule has 1 aromatic carbocycles. The molecule has 0 heterocycles. The maximum absolute atomic E-state index is 11.7. The minimum absolute atomic E-state index is 0.0233. The van der Waals surface area contributed by atoms with E-state index in [0.717, 1.165) is 31.2 Å². The Kier molecular flexibility index (Phi) is 7.92. The molecule has 1 aliphatic carbocycles. The second-order valence-corrected chi connectivity index (χ2v) is 6.43. The molecule has 1 aromatic rings. The highest BCUT2D eigenvalue weighted by Crippen LogP contribution is 2.17. The molecule has 1 saturated carbocycles. The number of esters is 1. The van der Waals surface area contributed by atoms with Gasteiger partial charge in [0, 0.05) is 6.04 Å². The monoisotopic (exact) mass is 362 g/mol. The summed E-state index contributed by atoms with van der Waals surface area (Å²) in [5.74, 6) is -0.526. The van der Waals surface area contributed by atoms with Gasteiger partial charge in [-0.15, -0.1) is 0 Å². The molecule has 0 atom stereocenters. The number of carbonyl (C=O) groups excluding carboxylic acids is 3. The molecule has 0 radical (unpaired) electrons. The van der Waals surface area contributed by atoms with E-state index in [2.05, 4.69) is 10.6 Å². The minimum Gasteiger partial charge on any atom is -0.493 e. The number of hydrogen-bond acceptors (Lipinski definition) is 5. The fourth-order valence-electron chi connectivity index (χ4n) is 2.81. The van der Waals surface area contributed by atoms with Gasteiger partial charge in [0.2, 0.25) is 0 Å². The van der Waals surface area contributed by atoms with Gasteiger partial charge in [-0.2, -0.15) is 0 Å². The number of urea groups is 1. The maximum Gasteiger partial charge on any atom is 0.321 e. The van der Waals surface area contributed by atoms with E-state index < -0.39 is 24.5 Å². The highest BCUT2D eigenvalue weighted by atomic mass is 16.5. The Labute approximate surface area is 153 Å². The van der Waals surface area contributed by atoms with Crippen molar-refractivity contribution in [2.75, 3.05) is 13.2 Å². The molecule has 0 aromatic heterocycles. The number of amides is 3. The first kappa shape index (κ1) is 19.8. The van der Waals surface area contributed by atoms with E-state index in [-0.39, 0.29) is 19.1 Å². The van der Waals surface area contributed by atoms with Crippen LogP contribution in [-0.4, -0.2) is 37.2 Å². The zero-order chi connectivity index (χ0) is 18.8. The van der Waals surface area contributed by atoms with Crippen LogP contribution in [0.25, 0.3) is 0 Å². The van der Waals surface area contributed by atoms with E-state index in [4.69, 9.17) is 9.47 Å². The summed E-state index contributed by atoms with van der Waals surface area (Å²) in [4.78, 5) is 35.0. The van der Waals surface area contributed by atoms with Gasteiger partial charge in [-0.1, -0.05) is 31.4 Å². The molecular weight excluding hydrogens is 336 g/mol. The van der Waals surface area contributed by atoms with Crippen LogP contribution in [0.15, 0.2) is 24.3 Å². The van der Waals surface area contributed by atoms with Gasteiger partial charge in [0.1, 0.15) is 5.75 Å². The fourth-order valence-corrected chi connectivity index (χ4v) is 2.81. The van der Waals surface area contributed by atoms with Crippen LogP contribution in [0, 0.1) is 6.92 Å². The summed E-state index contributed by atoms with van der Waals surface area (Å²) in [5, 5.41) is 4.94. The van der Waals surface area contributed by atoms with Gasteiger partial charge in [0.25, 0.3) is 5.91 Å².